The Labute approximate surface area is 181 Å². The summed E-state index contributed by atoms with van der Waals surface area (Å²) in [5.41, 5.74) is 2.76. The lowest BCUT2D eigenvalue weighted by Gasteiger charge is -2.28. The Balaban J connectivity index is 1.81. The minimum atomic E-state index is -3.65. The molecule has 0 aliphatic carbocycles. The van der Waals surface area contributed by atoms with Crippen LogP contribution in [-0.2, 0) is 14.6 Å². The third-order valence-corrected chi connectivity index (χ3v) is 8.23. The van der Waals surface area contributed by atoms with Crippen molar-refractivity contribution in [3.05, 3.63) is 65.9 Å². The molecular weight excluding hydrogens is 414 g/mol. The maximum Gasteiger partial charge on any atom is 0.274 e. The van der Waals surface area contributed by atoms with Crippen LogP contribution in [0, 0.1) is 0 Å². The number of morpholine rings is 1. The van der Waals surface area contributed by atoms with Crippen LogP contribution in [0.5, 0.6) is 0 Å². The van der Waals surface area contributed by atoms with E-state index in [-0.39, 0.29) is 16.5 Å². The number of rotatable bonds is 3. The molecule has 5 rings (SSSR count). The van der Waals surface area contributed by atoms with Gasteiger partial charge in [-0.15, -0.1) is 0 Å². The maximum absolute atomic E-state index is 13.5. The number of amides is 1. The first-order chi connectivity index (χ1) is 15.0. The fourth-order valence-corrected chi connectivity index (χ4v) is 6.49. The first-order valence-electron chi connectivity index (χ1n) is 10.4. The van der Waals surface area contributed by atoms with Gasteiger partial charge in [0.1, 0.15) is 0 Å². The first-order valence-corrected chi connectivity index (χ1v) is 12.0. The van der Waals surface area contributed by atoms with Crippen molar-refractivity contribution in [3.63, 3.8) is 0 Å². The van der Waals surface area contributed by atoms with Gasteiger partial charge in [0.05, 0.1) is 34.7 Å². The normalized spacial score (nSPS) is 19.5. The number of benzene rings is 2. The zero-order valence-electron chi connectivity index (χ0n) is 17.2. The van der Waals surface area contributed by atoms with Crippen LogP contribution >= 0.6 is 0 Å². The van der Waals surface area contributed by atoms with E-state index in [9.17, 15) is 13.2 Å². The summed E-state index contributed by atoms with van der Waals surface area (Å²) >= 11 is 0. The largest absolute Gasteiger partial charge is 0.378 e. The molecule has 0 spiro atoms. The fourth-order valence-electron chi connectivity index (χ4n) is 4.47. The second kappa shape index (κ2) is 7.62. The highest BCUT2D eigenvalue weighted by atomic mass is 32.2. The highest BCUT2D eigenvalue weighted by Gasteiger charge is 2.43. The van der Waals surface area contributed by atoms with E-state index in [0.29, 0.717) is 49.5 Å². The molecule has 8 heteroatoms. The predicted octanol–water partition coefficient (Wildman–Crippen LogP) is 3.25. The van der Waals surface area contributed by atoms with Crippen LogP contribution in [0.25, 0.3) is 16.9 Å². The molecule has 0 N–H and O–H groups in total. The average Bonchev–Trinajstić information content (AvgIpc) is 3.20. The van der Waals surface area contributed by atoms with Gasteiger partial charge in [0.2, 0.25) is 0 Å². The fraction of sp³-hybridized carbons (Fsp3) is 0.304. The van der Waals surface area contributed by atoms with Crippen molar-refractivity contribution < 1.29 is 17.9 Å². The Kier molecular flexibility index (Phi) is 4.91. The lowest BCUT2D eigenvalue weighted by atomic mass is 9.99. The van der Waals surface area contributed by atoms with E-state index < -0.39 is 15.1 Å². The van der Waals surface area contributed by atoms with E-state index in [1.807, 2.05) is 43.3 Å². The maximum atomic E-state index is 13.5. The number of carbonyl (C=O) groups excluding carboxylic acids is 1. The monoisotopic (exact) mass is 437 g/mol. The molecule has 3 aromatic rings. The molecule has 2 aliphatic rings. The topological polar surface area (TPSA) is 81.5 Å². The predicted molar refractivity (Wildman–Crippen MR) is 116 cm³/mol. The summed E-state index contributed by atoms with van der Waals surface area (Å²) < 4.78 is 34.1. The number of aromatic nitrogens is 2. The smallest absolute Gasteiger partial charge is 0.274 e. The van der Waals surface area contributed by atoms with Gasteiger partial charge in [0.25, 0.3) is 5.91 Å². The van der Waals surface area contributed by atoms with Crippen LogP contribution in [0.3, 0.4) is 0 Å². The van der Waals surface area contributed by atoms with Gasteiger partial charge in [-0.2, -0.15) is 5.10 Å². The number of carbonyl (C=O) groups is 1. The van der Waals surface area contributed by atoms with Crippen molar-refractivity contribution in [2.45, 2.75) is 23.5 Å². The lowest BCUT2D eigenvalue weighted by molar-refractivity contribution is 0.0298. The molecule has 1 amide bonds. The van der Waals surface area contributed by atoms with Crippen molar-refractivity contribution in [1.29, 1.82) is 0 Å². The van der Waals surface area contributed by atoms with Gasteiger partial charge >= 0.3 is 0 Å². The number of nitrogens with zero attached hydrogens (tertiary/aromatic N) is 3. The zero-order valence-corrected chi connectivity index (χ0v) is 18.0. The third-order valence-electron chi connectivity index (χ3n) is 5.94. The molecule has 1 aromatic heterocycles. The number of hydrogen-bond acceptors (Lipinski definition) is 5. The highest BCUT2D eigenvalue weighted by Crippen LogP contribution is 2.48. The molecule has 0 bridgehead atoms. The molecule has 7 nitrogen and oxygen atoms in total. The van der Waals surface area contributed by atoms with Gasteiger partial charge in [-0.25, -0.2) is 13.1 Å². The molecule has 1 unspecified atom stereocenters. The second-order valence-corrected chi connectivity index (χ2v) is 9.80. The average molecular weight is 438 g/mol. The summed E-state index contributed by atoms with van der Waals surface area (Å²) in [6, 6.07) is 16.5. The summed E-state index contributed by atoms with van der Waals surface area (Å²) in [5.74, 6) is -0.248. The molecule has 3 heterocycles. The van der Waals surface area contributed by atoms with Crippen LogP contribution < -0.4 is 0 Å². The quantitative estimate of drug-likeness (QED) is 0.628. The van der Waals surface area contributed by atoms with E-state index in [2.05, 4.69) is 0 Å². The Bertz CT molecular complexity index is 1250. The van der Waals surface area contributed by atoms with Crippen molar-refractivity contribution in [2.24, 2.45) is 0 Å². The van der Waals surface area contributed by atoms with Crippen LogP contribution in [0.2, 0.25) is 0 Å². The molecule has 160 valence electrons. The number of sulfone groups is 1. The van der Waals surface area contributed by atoms with E-state index >= 15 is 0 Å². The number of hydrogen-bond donors (Lipinski definition) is 0. The summed E-state index contributed by atoms with van der Waals surface area (Å²) in [7, 11) is -3.65. The zero-order chi connectivity index (χ0) is 21.6. The molecule has 2 aliphatic heterocycles. The molecular formula is C23H23N3O4S. The van der Waals surface area contributed by atoms with Crippen LogP contribution in [0.1, 0.15) is 34.6 Å². The van der Waals surface area contributed by atoms with Crippen LogP contribution in [0.4, 0.5) is 0 Å². The Morgan fingerprint density at radius 3 is 2.45 bits per heavy atom. The third kappa shape index (κ3) is 3.09. The number of fused-ring (bicyclic) bond motifs is 3. The SMILES string of the molecule is CCC1c2c(C(=O)N3CCOCC3)nn(-c3ccccc3)c2-c2ccccc2S1(=O)=O. The molecule has 31 heavy (non-hydrogen) atoms. The number of ether oxygens (including phenoxy) is 1. The molecule has 1 saturated heterocycles. The minimum absolute atomic E-state index is 0.214. The van der Waals surface area contributed by atoms with Gasteiger partial charge < -0.3 is 9.64 Å². The van der Waals surface area contributed by atoms with Crippen molar-refractivity contribution in [3.8, 4) is 16.9 Å². The van der Waals surface area contributed by atoms with Crippen molar-refractivity contribution in [1.82, 2.24) is 14.7 Å². The molecule has 2 aromatic carbocycles. The van der Waals surface area contributed by atoms with Gasteiger partial charge in [-0.3, -0.25) is 4.79 Å². The lowest BCUT2D eigenvalue weighted by Crippen LogP contribution is -2.41. The summed E-state index contributed by atoms with van der Waals surface area (Å²) in [6.07, 6.45) is 0.355. The Morgan fingerprint density at radius 2 is 1.74 bits per heavy atom. The second-order valence-electron chi connectivity index (χ2n) is 7.70. The van der Waals surface area contributed by atoms with E-state index in [4.69, 9.17) is 9.84 Å². The van der Waals surface area contributed by atoms with Crippen molar-refractivity contribution >= 4 is 15.7 Å². The Hall–Kier alpha value is -2.97. The summed E-state index contributed by atoms with van der Waals surface area (Å²) in [6.45, 7) is 3.69. The van der Waals surface area contributed by atoms with Crippen LogP contribution in [0.15, 0.2) is 59.5 Å². The van der Waals surface area contributed by atoms with Crippen molar-refractivity contribution in [2.75, 3.05) is 26.3 Å². The molecule has 0 saturated carbocycles. The van der Waals surface area contributed by atoms with E-state index in [1.54, 1.807) is 27.8 Å². The van der Waals surface area contributed by atoms with Gasteiger partial charge in [-0.1, -0.05) is 43.3 Å². The minimum Gasteiger partial charge on any atom is -0.378 e. The number of para-hydroxylation sites is 1. The highest BCUT2D eigenvalue weighted by molar-refractivity contribution is 7.92. The van der Waals surface area contributed by atoms with E-state index in [0.717, 1.165) is 5.69 Å². The summed E-state index contributed by atoms with van der Waals surface area (Å²) in [4.78, 5) is 15.5. The molecule has 1 fully saturated rings. The van der Waals surface area contributed by atoms with Gasteiger partial charge in [0.15, 0.2) is 15.5 Å². The first kappa shape index (κ1) is 20.0. The van der Waals surface area contributed by atoms with Crippen LogP contribution in [-0.4, -0.2) is 55.3 Å². The van der Waals surface area contributed by atoms with Gasteiger partial charge in [0, 0.05) is 24.2 Å². The van der Waals surface area contributed by atoms with E-state index in [1.165, 1.54) is 0 Å². The van der Waals surface area contributed by atoms with Gasteiger partial charge in [-0.05, 0) is 24.6 Å². The Morgan fingerprint density at radius 1 is 1.06 bits per heavy atom. The standard InChI is InChI=1S/C23H23N3O4S/c1-2-18-20-21(23(27)25-12-14-30-15-13-25)24-26(16-8-4-3-5-9-16)22(20)17-10-6-7-11-19(17)31(18,28)29/h3-11,18H,2,12-15H2,1H3. The summed E-state index contributed by atoms with van der Waals surface area (Å²) in [5, 5.41) is 3.90. The molecule has 1 atom stereocenters. The molecule has 0 radical (unpaired) electrons.